The molecular formula is C32H37NO5. The van der Waals surface area contributed by atoms with Crippen molar-refractivity contribution < 1.29 is 24.5 Å². The number of aliphatic hydroxyl groups is 1. The number of nitrogens with zero attached hydrogens (tertiary/aromatic N) is 1. The van der Waals surface area contributed by atoms with Crippen molar-refractivity contribution in [3.63, 3.8) is 0 Å². The number of fused-ring (bicyclic) bond motifs is 2. The summed E-state index contributed by atoms with van der Waals surface area (Å²) in [4.78, 5) is 15.8. The zero-order valence-electron chi connectivity index (χ0n) is 22.7. The first-order chi connectivity index (χ1) is 18.1. The van der Waals surface area contributed by atoms with Crippen molar-refractivity contribution in [1.82, 2.24) is 4.98 Å². The number of carboxylic acid groups (broad SMARTS) is 1. The fourth-order valence-corrected chi connectivity index (χ4v) is 5.99. The molecule has 2 aliphatic rings. The van der Waals surface area contributed by atoms with E-state index >= 15 is 0 Å². The van der Waals surface area contributed by atoms with E-state index < -0.39 is 11.6 Å². The van der Waals surface area contributed by atoms with Gasteiger partial charge in [0.05, 0.1) is 30.9 Å². The number of benzene rings is 2. The fourth-order valence-electron chi connectivity index (χ4n) is 5.99. The highest BCUT2D eigenvalue weighted by Gasteiger charge is 2.30. The van der Waals surface area contributed by atoms with Crippen LogP contribution in [-0.2, 0) is 17.6 Å². The molecule has 3 aromatic rings. The summed E-state index contributed by atoms with van der Waals surface area (Å²) in [5.41, 5.74) is 8.93. The van der Waals surface area contributed by atoms with Crippen molar-refractivity contribution in [2.45, 2.75) is 77.2 Å². The van der Waals surface area contributed by atoms with Crippen LogP contribution in [-0.4, -0.2) is 40.0 Å². The Morgan fingerprint density at radius 2 is 1.92 bits per heavy atom. The molecule has 0 bridgehead atoms. The maximum Gasteiger partial charge on any atom is 0.304 e. The zero-order chi connectivity index (χ0) is 27.0. The Labute approximate surface area is 224 Å². The number of carboxylic acids is 1. The van der Waals surface area contributed by atoms with Crippen molar-refractivity contribution in [3.05, 3.63) is 76.1 Å². The summed E-state index contributed by atoms with van der Waals surface area (Å²) < 4.78 is 11.8. The van der Waals surface area contributed by atoms with Gasteiger partial charge in [-0.15, -0.1) is 0 Å². The molecule has 200 valence electrons. The molecule has 0 saturated heterocycles. The van der Waals surface area contributed by atoms with E-state index in [2.05, 4.69) is 55.2 Å². The Morgan fingerprint density at radius 1 is 1.16 bits per heavy atom. The normalized spacial score (nSPS) is 18.1. The summed E-state index contributed by atoms with van der Waals surface area (Å²) >= 11 is 0. The summed E-state index contributed by atoms with van der Waals surface area (Å²) in [5, 5.41) is 19.1. The third-order valence-corrected chi connectivity index (χ3v) is 7.82. The largest absolute Gasteiger partial charge is 0.493 e. The average molecular weight is 516 g/mol. The molecular weight excluding hydrogens is 478 g/mol. The van der Waals surface area contributed by atoms with Crippen LogP contribution in [0.15, 0.2) is 42.6 Å². The van der Waals surface area contributed by atoms with Crippen LogP contribution >= 0.6 is 0 Å². The van der Waals surface area contributed by atoms with Gasteiger partial charge in [0.25, 0.3) is 0 Å². The van der Waals surface area contributed by atoms with Crippen molar-refractivity contribution >= 4 is 5.97 Å². The van der Waals surface area contributed by atoms with Gasteiger partial charge >= 0.3 is 5.97 Å². The highest BCUT2D eigenvalue weighted by molar-refractivity contribution is 5.76. The van der Waals surface area contributed by atoms with Crippen LogP contribution in [0.2, 0.25) is 0 Å². The molecule has 38 heavy (non-hydrogen) atoms. The van der Waals surface area contributed by atoms with Gasteiger partial charge in [0.1, 0.15) is 11.5 Å². The van der Waals surface area contributed by atoms with Gasteiger partial charge in [-0.1, -0.05) is 18.2 Å². The van der Waals surface area contributed by atoms with Crippen LogP contribution in [0.5, 0.6) is 11.5 Å². The molecule has 0 spiro atoms. The predicted octanol–water partition coefficient (Wildman–Crippen LogP) is 6.13. The van der Waals surface area contributed by atoms with Gasteiger partial charge in [0, 0.05) is 18.5 Å². The summed E-state index contributed by atoms with van der Waals surface area (Å²) in [5.74, 6) is 0.989. The lowest BCUT2D eigenvalue weighted by atomic mass is 9.88. The monoisotopic (exact) mass is 515 g/mol. The second-order valence-corrected chi connectivity index (χ2v) is 11.5. The molecule has 6 nitrogen and oxygen atoms in total. The van der Waals surface area contributed by atoms with Gasteiger partial charge in [-0.3, -0.25) is 9.78 Å². The van der Waals surface area contributed by atoms with Gasteiger partial charge < -0.3 is 19.7 Å². The SMILES string of the molecule is Cc1cc(OCCC(C)(C)O)cc(C)c1-c1cccc2c1CC[C@H]2Cc1cnc2c(c1)OC[C@H]2CC(=O)O. The Morgan fingerprint density at radius 3 is 2.63 bits per heavy atom. The summed E-state index contributed by atoms with van der Waals surface area (Å²) in [7, 11) is 0. The van der Waals surface area contributed by atoms with Gasteiger partial charge in [-0.25, -0.2) is 0 Å². The first-order valence-electron chi connectivity index (χ1n) is 13.5. The standard InChI is InChI=1S/C32H37NO5/c1-19-12-24(37-11-10-32(3,4)36)13-20(2)30(19)27-7-5-6-25-22(8-9-26(25)27)14-21-15-28-31(33-17-21)23(18-38-28)16-29(34)35/h5-7,12-13,15,17,22-23,36H,8-11,14,16,18H2,1-4H3,(H,34,35)/t22-,23+/m0/s1. The fraction of sp³-hybridized carbons (Fsp3) is 0.438. The van der Waals surface area contributed by atoms with E-state index in [1.54, 1.807) is 13.8 Å². The second kappa shape index (κ2) is 10.4. The first kappa shape index (κ1) is 26.2. The van der Waals surface area contributed by atoms with Crippen molar-refractivity contribution in [2.75, 3.05) is 13.2 Å². The van der Waals surface area contributed by atoms with E-state index in [1.807, 2.05) is 6.20 Å². The van der Waals surface area contributed by atoms with Gasteiger partial charge in [-0.05, 0) is 110 Å². The van der Waals surface area contributed by atoms with E-state index in [0.29, 0.717) is 25.6 Å². The number of ether oxygens (including phenoxy) is 2. The number of hydrogen-bond acceptors (Lipinski definition) is 5. The average Bonchev–Trinajstić information content (AvgIpc) is 3.42. The van der Waals surface area contributed by atoms with Crippen LogP contribution in [0.4, 0.5) is 0 Å². The van der Waals surface area contributed by atoms with Crippen LogP contribution in [0.1, 0.15) is 78.5 Å². The quantitative estimate of drug-likeness (QED) is 0.356. The molecule has 0 saturated carbocycles. The third kappa shape index (κ3) is 5.56. The molecule has 2 N–H and O–H groups in total. The van der Waals surface area contributed by atoms with Crippen LogP contribution in [0.25, 0.3) is 11.1 Å². The Bertz CT molecular complexity index is 1330. The molecule has 0 amide bonds. The zero-order valence-corrected chi connectivity index (χ0v) is 22.7. The Hall–Kier alpha value is -3.38. The topological polar surface area (TPSA) is 88.9 Å². The maximum atomic E-state index is 11.1. The highest BCUT2D eigenvalue weighted by Crippen LogP contribution is 2.43. The number of rotatable bonds is 9. The van der Waals surface area contributed by atoms with Gasteiger partial charge in [0.2, 0.25) is 0 Å². The summed E-state index contributed by atoms with van der Waals surface area (Å²) in [6, 6.07) is 12.9. The van der Waals surface area contributed by atoms with Gasteiger partial charge in [0.15, 0.2) is 0 Å². The van der Waals surface area contributed by atoms with Crippen LogP contribution < -0.4 is 9.47 Å². The molecule has 0 radical (unpaired) electrons. The lowest BCUT2D eigenvalue weighted by molar-refractivity contribution is -0.137. The Balaban J connectivity index is 1.35. The summed E-state index contributed by atoms with van der Waals surface area (Å²) in [6.45, 7) is 8.75. The minimum Gasteiger partial charge on any atom is -0.493 e. The van der Waals surface area contributed by atoms with E-state index in [-0.39, 0.29) is 12.3 Å². The maximum absolute atomic E-state index is 11.1. The number of aryl methyl sites for hydroxylation is 2. The first-order valence-corrected chi connectivity index (χ1v) is 13.5. The van der Waals surface area contributed by atoms with Crippen molar-refractivity contribution in [1.29, 1.82) is 0 Å². The van der Waals surface area contributed by atoms with E-state index in [9.17, 15) is 9.90 Å². The molecule has 2 heterocycles. The third-order valence-electron chi connectivity index (χ3n) is 7.82. The lowest BCUT2D eigenvalue weighted by Gasteiger charge is -2.19. The highest BCUT2D eigenvalue weighted by atomic mass is 16.5. The number of carbonyl (C=O) groups is 1. The van der Waals surface area contributed by atoms with Crippen molar-refractivity contribution in [2.24, 2.45) is 0 Å². The number of pyridine rings is 1. The predicted molar refractivity (Wildman–Crippen MR) is 147 cm³/mol. The second-order valence-electron chi connectivity index (χ2n) is 11.5. The lowest BCUT2D eigenvalue weighted by Crippen LogP contribution is -2.21. The molecule has 2 aromatic carbocycles. The van der Waals surface area contributed by atoms with E-state index in [0.717, 1.165) is 42.0 Å². The smallest absolute Gasteiger partial charge is 0.304 e. The van der Waals surface area contributed by atoms with E-state index in [4.69, 9.17) is 14.6 Å². The number of aromatic nitrogens is 1. The minimum absolute atomic E-state index is 0.0465. The molecule has 1 aromatic heterocycles. The molecule has 1 aliphatic carbocycles. The Kier molecular flexibility index (Phi) is 7.19. The number of aliphatic carboxylic acids is 1. The van der Waals surface area contributed by atoms with Gasteiger partial charge in [-0.2, -0.15) is 0 Å². The molecule has 2 atom stereocenters. The molecule has 0 unspecified atom stereocenters. The summed E-state index contributed by atoms with van der Waals surface area (Å²) in [6.07, 6.45) is 5.53. The van der Waals surface area contributed by atoms with E-state index in [1.165, 1.54) is 33.4 Å². The molecule has 1 aliphatic heterocycles. The molecule has 6 heteroatoms. The molecule has 5 rings (SSSR count). The van der Waals surface area contributed by atoms with Crippen molar-refractivity contribution in [3.8, 4) is 22.6 Å². The minimum atomic E-state index is -0.825. The van der Waals surface area contributed by atoms with Crippen LogP contribution in [0.3, 0.4) is 0 Å². The van der Waals surface area contributed by atoms with Crippen LogP contribution in [0, 0.1) is 13.8 Å². The number of hydrogen-bond donors (Lipinski definition) is 2. The molecule has 0 fully saturated rings.